The minimum Gasteiger partial charge on any atom is -0.493 e. The Morgan fingerprint density at radius 2 is 1.39 bits per heavy atom. The first-order chi connectivity index (χ1) is 20.1. The lowest BCUT2D eigenvalue weighted by atomic mass is 10.2. The van der Waals surface area contributed by atoms with Crippen LogP contribution in [0.15, 0.2) is 132 Å². The predicted octanol–water partition coefficient (Wildman–Crippen LogP) is 5.39. The van der Waals surface area contributed by atoms with Crippen LogP contribution in [0.1, 0.15) is 16.7 Å². The molecule has 5 aromatic rings. The van der Waals surface area contributed by atoms with Crippen LogP contribution in [0.4, 0.5) is 5.69 Å². The molecule has 0 saturated heterocycles. The minimum absolute atomic E-state index is 0.0436. The normalized spacial score (nSPS) is 11.3. The van der Waals surface area contributed by atoms with E-state index >= 15 is 0 Å². The molecule has 41 heavy (non-hydrogen) atoms. The SMILES string of the molecule is C=C(NOCC(=O)N=Nc1c(O)n(C[NH+](Cc2ccccc2)Cc2ccccc2)c2ccccc12)c1ccccc1. The topological polar surface area (TPSA) is 92.7 Å². The number of fused-ring (bicyclic) bond motifs is 1. The molecule has 1 aromatic heterocycles. The number of amides is 1. The number of carbonyl (C=O) groups is 1. The number of aromatic nitrogens is 1. The summed E-state index contributed by atoms with van der Waals surface area (Å²) in [6.07, 6.45) is 0. The molecule has 0 atom stereocenters. The average molecular weight is 547 g/mol. The molecule has 0 aliphatic heterocycles. The van der Waals surface area contributed by atoms with Crippen LogP contribution in [0, 0.1) is 0 Å². The Bertz CT molecular complexity index is 1590. The number of carbonyl (C=O) groups excluding carboxylic acids is 1. The standard InChI is InChI=1S/C33H31N5O3/c1-25(28-17-9-4-10-18-28)36-41-23-31(39)34-35-32-29-19-11-12-20-30(29)38(33(32)40)24-37(21-26-13-5-2-6-14-26)22-27-15-7-3-8-16-27/h2-20,36,40H,1,21-24H2/p+1. The summed E-state index contributed by atoms with van der Waals surface area (Å²) in [6, 6.07) is 37.6. The zero-order valence-electron chi connectivity index (χ0n) is 22.6. The fourth-order valence-corrected chi connectivity index (χ4v) is 4.72. The number of nitrogens with zero attached hydrogens (tertiary/aromatic N) is 3. The van der Waals surface area contributed by atoms with Crippen molar-refractivity contribution in [3.63, 3.8) is 0 Å². The fourth-order valence-electron chi connectivity index (χ4n) is 4.72. The highest BCUT2D eigenvalue weighted by Crippen LogP contribution is 2.38. The molecule has 8 heteroatoms. The number of hydroxylamine groups is 1. The van der Waals surface area contributed by atoms with Crippen LogP contribution < -0.4 is 10.4 Å². The lowest BCUT2D eigenvalue weighted by molar-refractivity contribution is -0.949. The molecule has 0 aliphatic carbocycles. The Balaban J connectivity index is 1.33. The Morgan fingerprint density at radius 1 is 0.829 bits per heavy atom. The number of hydrogen-bond donors (Lipinski definition) is 3. The van der Waals surface area contributed by atoms with E-state index in [0.717, 1.165) is 24.2 Å². The maximum Gasteiger partial charge on any atom is 0.292 e. The van der Waals surface area contributed by atoms with Crippen molar-refractivity contribution < 1.29 is 19.6 Å². The molecule has 1 heterocycles. The molecule has 0 bridgehead atoms. The first-order valence-electron chi connectivity index (χ1n) is 13.4. The number of quaternary nitrogens is 1. The molecule has 0 fully saturated rings. The molecule has 0 spiro atoms. The van der Waals surface area contributed by atoms with Crippen molar-refractivity contribution >= 4 is 28.2 Å². The molecular weight excluding hydrogens is 514 g/mol. The van der Waals surface area contributed by atoms with E-state index in [1.165, 1.54) is 16.0 Å². The number of benzene rings is 4. The molecule has 3 N–H and O–H groups in total. The molecule has 1 amide bonds. The van der Waals surface area contributed by atoms with Gasteiger partial charge in [-0.25, -0.2) is 0 Å². The van der Waals surface area contributed by atoms with Gasteiger partial charge in [0.05, 0.1) is 11.2 Å². The molecule has 0 aliphatic rings. The monoisotopic (exact) mass is 546 g/mol. The second-order valence-electron chi connectivity index (χ2n) is 9.68. The second kappa shape index (κ2) is 13.3. The van der Waals surface area contributed by atoms with Gasteiger partial charge in [-0.15, -0.1) is 10.2 Å². The van der Waals surface area contributed by atoms with Crippen LogP contribution in [-0.4, -0.2) is 22.2 Å². The van der Waals surface area contributed by atoms with E-state index < -0.39 is 5.91 Å². The van der Waals surface area contributed by atoms with Gasteiger partial charge in [0.25, 0.3) is 5.91 Å². The fraction of sp³-hybridized carbons (Fsp3) is 0.121. The Morgan fingerprint density at radius 3 is 2.02 bits per heavy atom. The molecule has 4 aromatic carbocycles. The van der Waals surface area contributed by atoms with E-state index in [1.807, 2.05) is 95.6 Å². The van der Waals surface area contributed by atoms with Crippen LogP contribution in [0.5, 0.6) is 5.88 Å². The molecule has 8 nitrogen and oxygen atoms in total. The van der Waals surface area contributed by atoms with Gasteiger partial charge in [0, 0.05) is 16.5 Å². The number of rotatable bonds is 12. The molecule has 5 rings (SSSR count). The first kappa shape index (κ1) is 27.5. The maximum absolute atomic E-state index is 12.4. The van der Waals surface area contributed by atoms with Crippen molar-refractivity contribution in [3.8, 4) is 5.88 Å². The van der Waals surface area contributed by atoms with Crippen molar-refractivity contribution in [1.29, 1.82) is 0 Å². The summed E-state index contributed by atoms with van der Waals surface area (Å²) in [4.78, 5) is 18.9. The van der Waals surface area contributed by atoms with Crippen LogP contribution in [0.2, 0.25) is 0 Å². The number of nitrogens with one attached hydrogen (secondary N) is 2. The van der Waals surface area contributed by atoms with Crippen molar-refractivity contribution in [1.82, 2.24) is 10.0 Å². The molecule has 0 unspecified atom stereocenters. The zero-order valence-corrected chi connectivity index (χ0v) is 22.6. The summed E-state index contributed by atoms with van der Waals surface area (Å²) in [5, 5.41) is 20.0. The van der Waals surface area contributed by atoms with E-state index in [-0.39, 0.29) is 18.2 Å². The van der Waals surface area contributed by atoms with E-state index in [0.29, 0.717) is 17.8 Å². The second-order valence-corrected chi connectivity index (χ2v) is 9.68. The smallest absolute Gasteiger partial charge is 0.292 e. The van der Waals surface area contributed by atoms with Gasteiger partial charge < -0.3 is 10.0 Å². The van der Waals surface area contributed by atoms with Gasteiger partial charge in [-0.3, -0.25) is 19.7 Å². The summed E-state index contributed by atoms with van der Waals surface area (Å²) in [5.41, 5.74) is 7.47. The highest BCUT2D eigenvalue weighted by Gasteiger charge is 2.21. The van der Waals surface area contributed by atoms with Gasteiger partial charge in [-0.2, -0.15) is 0 Å². The number of para-hydroxylation sites is 1. The third kappa shape index (κ3) is 7.13. The number of azo groups is 1. The summed E-state index contributed by atoms with van der Waals surface area (Å²) < 4.78 is 1.83. The highest BCUT2D eigenvalue weighted by molar-refractivity contribution is 5.95. The third-order valence-corrected chi connectivity index (χ3v) is 6.67. The third-order valence-electron chi connectivity index (χ3n) is 6.67. The van der Waals surface area contributed by atoms with E-state index in [1.54, 1.807) is 0 Å². The number of hydrogen-bond acceptors (Lipinski definition) is 5. The quantitative estimate of drug-likeness (QED) is 0.145. The van der Waals surface area contributed by atoms with Crippen LogP contribution in [0.3, 0.4) is 0 Å². The molecule has 0 saturated carbocycles. The summed E-state index contributed by atoms with van der Waals surface area (Å²) in [6.45, 7) is 5.55. The number of aromatic hydroxyl groups is 1. The molecule has 206 valence electrons. The summed E-state index contributed by atoms with van der Waals surface area (Å²) in [7, 11) is 0. The lowest BCUT2D eigenvalue weighted by Crippen LogP contribution is -3.08. The van der Waals surface area contributed by atoms with Crippen molar-refractivity contribution in [2.45, 2.75) is 19.8 Å². The van der Waals surface area contributed by atoms with Crippen LogP contribution >= 0.6 is 0 Å². The summed E-state index contributed by atoms with van der Waals surface area (Å²) in [5.74, 6) is -0.645. The van der Waals surface area contributed by atoms with Gasteiger partial charge in [0.1, 0.15) is 13.1 Å². The van der Waals surface area contributed by atoms with E-state index in [2.05, 4.69) is 46.6 Å². The Labute approximate surface area is 238 Å². The van der Waals surface area contributed by atoms with Gasteiger partial charge in [-0.1, -0.05) is 116 Å². The largest absolute Gasteiger partial charge is 0.493 e. The maximum atomic E-state index is 12.4. The van der Waals surface area contributed by atoms with Crippen molar-refractivity contribution in [2.75, 3.05) is 6.61 Å². The molecule has 0 radical (unpaired) electrons. The summed E-state index contributed by atoms with van der Waals surface area (Å²) >= 11 is 0. The lowest BCUT2D eigenvalue weighted by Gasteiger charge is -2.21. The molecular formula is C33H32N5O3+. The first-order valence-corrected chi connectivity index (χ1v) is 13.4. The highest BCUT2D eigenvalue weighted by atomic mass is 16.6. The van der Waals surface area contributed by atoms with Gasteiger partial charge in [-0.05, 0) is 11.6 Å². The van der Waals surface area contributed by atoms with Crippen molar-refractivity contribution in [2.24, 2.45) is 10.2 Å². The minimum atomic E-state index is -0.602. The zero-order chi connectivity index (χ0) is 28.4. The van der Waals surface area contributed by atoms with Gasteiger partial charge >= 0.3 is 0 Å². The van der Waals surface area contributed by atoms with Gasteiger partial charge in [0.2, 0.25) is 5.88 Å². The average Bonchev–Trinajstić information content (AvgIpc) is 3.27. The Kier molecular flexibility index (Phi) is 8.95. The van der Waals surface area contributed by atoms with Crippen molar-refractivity contribution in [3.05, 3.63) is 139 Å². The Hall–Kier alpha value is -5.05. The predicted molar refractivity (Wildman–Crippen MR) is 159 cm³/mol. The van der Waals surface area contributed by atoms with Gasteiger partial charge in [0.15, 0.2) is 19.0 Å². The van der Waals surface area contributed by atoms with Crippen LogP contribution in [0.25, 0.3) is 16.6 Å². The van der Waals surface area contributed by atoms with Crippen LogP contribution in [-0.2, 0) is 29.4 Å². The van der Waals surface area contributed by atoms with E-state index in [9.17, 15) is 9.90 Å². The van der Waals surface area contributed by atoms with E-state index in [4.69, 9.17) is 4.84 Å².